The second-order valence-electron chi connectivity index (χ2n) is 8.03. The van der Waals surface area contributed by atoms with Gasteiger partial charge >= 0.3 is 0 Å². The first-order chi connectivity index (χ1) is 14.9. The van der Waals surface area contributed by atoms with E-state index in [0.29, 0.717) is 0 Å². The summed E-state index contributed by atoms with van der Waals surface area (Å²) >= 11 is 0. The van der Waals surface area contributed by atoms with E-state index in [1.807, 2.05) is 0 Å². The zero-order valence-corrected chi connectivity index (χ0v) is 18.3. The summed E-state index contributed by atoms with van der Waals surface area (Å²) in [7, 11) is 0. The molecule has 162 valence electrons. The van der Waals surface area contributed by atoms with Crippen molar-refractivity contribution in [3.63, 3.8) is 0 Å². The lowest BCUT2D eigenvalue weighted by atomic mass is 9.97. The number of nitrogens with two attached hydrogens (primary N) is 1. The van der Waals surface area contributed by atoms with Gasteiger partial charge in [-0.3, -0.25) is 0 Å². The Balaban J connectivity index is 1.32. The fraction of sp³-hybridized carbons (Fsp3) is 0.462. The van der Waals surface area contributed by atoms with Crippen LogP contribution in [0.4, 0.5) is 0 Å². The van der Waals surface area contributed by atoms with Gasteiger partial charge in [0.25, 0.3) is 0 Å². The van der Waals surface area contributed by atoms with Gasteiger partial charge in [0.15, 0.2) is 0 Å². The summed E-state index contributed by atoms with van der Waals surface area (Å²) in [6.07, 6.45) is 5.97. The molecule has 0 aliphatic rings. The van der Waals surface area contributed by atoms with Crippen molar-refractivity contribution in [2.24, 2.45) is 5.73 Å². The molecule has 0 aliphatic heterocycles. The van der Waals surface area contributed by atoms with Crippen LogP contribution in [0, 0.1) is 0 Å². The minimum atomic E-state index is 0.780. The molecule has 0 amide bonds. The fourth-order valence-corrected chi connectivity index (χ4v) is 3.99. The normalized spacial score (nSPS) is 11.5. The predicted octanol–water partition coefficient (Wildman–Crippen LogP) is 4.17. The molecule has 0 atom stereocenters. The predicted molar refractivity (Wildman–Crippen MR) is 131 cm³/mol. The molecule has 3 aromatic carbocycles. The highest BCUT2D eigenvalue weighted by Gasteiger charge is 2.06. The number of fused-ring (bicyclic) bond motifs is 2. The molecule has 0 spiro atoms. The van der Waals surface area contributed by atoms with E-state index in [4.69, 9.17) is 5.73 Å². The van der Waals surface area contributed by atoms with Gasteiger partial charge in [0.05, 0.1) is 0 Å². The molecule has 0 radical (unpaired) electrons. The Labute approximate surface area is 181 Å². The van der Waals surface area contributed by atoms with E-state index in [1.165, 1.54) is 52.8 Å². The quantitative estimate of drug-likeness (QED) is 0.226. The topological polar surface area (TPSA) is 62.1 Å². The molecule has 0 bridgehead atoms. The molecule has 0 saturated carbocycles. The van der Waals surface area contributed by atoms with Crippen molar-refractivity contribution in [1.82, 2.24) is 16.0 Å². The average molecular weight is 407 g/mol. The van der Waals surface area contributed by atoms with Crippen molar-refractivity contribution in [3.8, 4) is 0 Å². The van der Waals surface area contributed by atoms with Gasteiger partial charge in [-0.15, -0.1) is 0 Å². The van der Waals surface area contributed by atoms with Gasteiger partial charge in [-0.25, -0.2) is 0 Å². The zero-order chi connectivity index (χ0) is 20.9. The Morgan fingerprint density at radius 3 is 1.57 bits per heavy atom. The van der Waals surface area contributed by atoms with Crippen molar-refractivity contribution in [2.45, 2.75) is 38.6 Å². The summed E-state index contributed by atoms with van der Waals surface area (Å²) in [5, 5.41) is 16.1. The lowest BCUT2D eigenvalue weighted by Gasteiger charge is -2.13. The van der Waals surface area contributed by atoms with Gasteiger partial charge in [-0.05, 0) is 105 Å². The van der Waals surface area contributed by atoms with Gasteiger partial charge < -0.3 is 21.7 Å². The van der Waals surface area contributed by atoms with Gasteiger partial charge in [-0.2, -0.15) is 0 Å². The third-order valence-electron chi connectivity index (χ3n) is 5.66. The van der Waals surface area contributed by atoms with Crippen LogP contribution < -0.4 is 21.7 Å². The Hall–Kier alpha value is -1.98. The maximum Gasteiger partial charge on any atom is 0.0217 e. The second kappa shape index (κ2) is 13.3. The van der Waals surface area contributed by atoms with E-state index in [2.05, 4.69) is 70.5 Å². The number of unbranched alkanes of at least 4 members (excludes halogenated alkanes) is 2. The van der Waals surface area contributed by atoms with E-state index in [9.17, 15) is 0 Å². The van der Waals surface area contributed by atoms with Crippen molar-refractivity contribution in [1.29, 1.82) is 0 Å². The molecule has 0 aromatic heterocycles. The third-order valence-corrected chi connectivity index (χ3v) is 5.66. The van der Waals surface area contributed by atoms with E-state index in [1.54, 1.807) is 0 Å². The third kappa shape index (κ3) is 7.06. The lowest BCUT2D eigenvalue weighted by Crippen LogP contribution is -2.22. The summed E-state index contributed by atoms with van der Waals surface area (Å²) in [5.41, 5.74) is 6.91. The molecule has 30 heavy (non-hydrogen) atoms. The van der Waals surface area contributed by atoms with E-state index in [0.717, 1.165) is 52.2 Å². The van der Waals surface area contributed by atoms with Crippen LogP contribution >= 0.6 is 0 Å². The molecule has 0 saturated heterocycles. The van der Waals surface area contributed by atoms with E-state index < -0.39 is 0 Å². The lowest BCUT2D eigenvalue weighted by molar-refractivity contribution is 0.552. The van der Waals surface area contributed by atoms with Crippen LogP contribution in [0.25, 0.3) is 21.5 Å². The standard InChI is InChI=1S/C26H38N4/c27-14-9-19-29-17-6-5-15-28-16-7-8-18-30-21-26-24-12-3-1-10-22(24)20-23-11-2-4-13-25(23)26/h1-4,10-13,20,28-30H,5-9,14-19,21,27H2. The SMILES string of the molecule is NCCCNCCCCNCCCCNCc1c2ccccc2cc2ccccc12. The summed E-state index contributed by atoms with van der Waals surface area (Å²) in [6, 6.07) is 19.8. The average Bonchev–Trinajstić information content (AvgIpc) is 2.78. The number of hydrogen-bond donors (Lipinski definition) is 4. The molecule has 0 aliphatic carbocycles. The van der Waals surface area contributed by atoms with Crippen LogP contribution in [0.5, 0.6) is 0 Å². The van der Waals surface area contributed by atoms with Crippen molar-refractivity contribution in [3.05, 3.63) is 60.2 Å². The number of rotatable bonds is 15. The molecule has 0 fully saturated rings. The highest BCUT2D eigenvalue weighted by molar-refractivity contribution is 6.02. The Bertz CT molecular complexity index is 823. The molecular formula is C26H38N4. The molecule has 3 rings (SSSR count). The van der Waals surface area contributed by atoms with Crippen LogP contribution in [-0.2, 0) is 6.54 Å². The highest BCUT2D eigenvalue weighted by Crippen LogP contribution is 2.28. The Morgan fingerprint density at radius 1 is 0.567 bits per heavy atom. The zero-order valence-electron chi connectivity index (χ0n) is 18.3. The molecule has 0 heterocycles. The van der Waals surface area contributed by atoms with Crippen molar-refractivity contribution < 1.29 is 0 Å². The van der Waals surface area contributed by atoms with Crippen molar-refractivity contribution in [2.75, 3.05) is 39.3 Å². The number of benzene rings is 3. The van der Waals surface area contributed by atoms with E-state index in [-0.39, 0.29) is 0 Å². The van der Waals surface area contributed by atoms with Crippen LogP contribution in [0.1, 0.15) is 37.7 Å². The maximum absolute atomic E-state index is 5.49. The molecule has 3 aromatic rings. The summed E-state index contributed by atoms with van der Waals surface area (Å²) < 4.78 is 0. The van der Waals surface area contributed by atoms with E-state index >= 15 is 0 Å². The van der Waals surface area contributed by atoms with Gasteiger partial charge in [0.1, 0.15) is 0 Å². The van der Waals surface area contributed by atoms with Crippen LogP contribution in [-0.4, -0.2) is 39.3 Å². The van der Waals surface area contributed by atoms with Gasteiger partial charge in [-0.1, -0.05) is 48.5 Å². The van der Waals surface area contributed by atoms with Gasteiger partial charge in [0, 0.05) is 6.54 Å². The minimum Gasteiger partial charge on any atom is -0.330 e. The fourth-order valence-electron chi connectivity index (χ4n) is 3.99. The van der Waals surface area contributed by atoms with Crippen molar-refractivity contribution >= 4 is 21.5 Å². The largest absolute Gasteiger partial charge is 0.330 e. The smallest absolute Gasteiger partial charge is 0.0217 e. The first-order valence-corrected chi connectivity index (χ1v) is 11.6. The molecule has 5 N–H and O–H groups in total. The maximum atomic E-state index is 5.49. The van der Waals surface area contributed by atoms with Crippen LogP contribution in [0.15, 0.2) is 54.6 Å². The van der Waals surface area contributed by atoms with Gasteiger partial charge in [0.2, 0.25) is 0 Å². The molecule has 0 unspecified atom stereocenters. The first kappa shape index (κ1) is 22.7. The highest BCUT2D eigenvalue weighted by atomic mass is 14.9. The molecular weight excluding hydrogens is 368 g/mol. The number of nitrogens with one attached hydrogen (secondary N) is 3. The summed E-state index contributed by atoms with van der Waals surface area (Å²) in [4.78, 5) is 0. The monoisotopic (exact) mass is 406 g/mol. The first-order valence-electron chi connectivity index (χ1n) is 11.6. The summed E-state index contributed by atoms with van der Waals surface area (Å²) in [5.74, 6) is 0. The summed E-state index contributed by atoms with van der Waals surface area (Å²) in [6.45, 7) is 7.14. The molecule has 4 nitrogen and oxygen atoms in total. The molecule has 4 heteroatoms. The minimum absolute atomic E-state index is 0.780. The van der Waals surface area contributed by atoms with Crippen LogP contribution in [0.3, 0.4) is 0 Å². The number of hydrogen-bond acceptors (Lipinski definition) is 4. The second-order valence-corrected chi connectivity index (χ2v) is 8.03. The van der Waals surface area contributed by atoms with Crippen LogP contribution in [0.2, 0.25) is 0 Å². The Morgan fingerprint density at radius 2 is 1.03 bits per heavy atom. The Kier molecular flexibility index (Phi) is 10.1.